The minimum atomic E-state index is -0.436. The number of ether oxygens (including phenoxy) is 1. The van der Waals surface area contributed by atoms with Gasteiger partial charge >= 0.3 is 6.09 Å². The Morgan fingerprint density at radius 3 is 2.55 bits per heavy atom. The minimum absolute atomic E-state index is 0.192. The fourth-order valence-electron chi connectivity index (χ4n) is 3.36. The Kier molecular flexibility index (Phi) is 3.89. The topological polar surface area (TPSA) is 41.6 Å². The molecule has 4 nitrogen and oxygen atoms in total. The highest BCUT2D eigenvalue weighted by Crippen LogP contribution is 2.51. The van der Waals surface area contributed by atoms with Gasteiger partial charge in [-0.2, -0.15) is 0 Å². The highest BCUT2D eigenvalue weighted by molar-refractivity contribution is 5.68. The van der Waals surface area contributed by atoms with Crippen LogP contribution in [0.5, 0.6) is 0 Å². The number of hydrogen-bond acceptors (Lipinski definition) is 3. The monoisotopic (exact) mass is 302 g/mol. The van der Waals surface area contributed by atoms with Crippen molar-refractivity contribution in [3.63, 3.8) is 0 Å². The molecule has 120 valence electrons. The molecule has 1 saturated carbocycles. The van der Waals surface area contributed by atoms with E-state index in [2.05, 4.69) is 35.6 Å². The molecule has 4 heteroatoms. The van der Waals surface area contributed by atoms with Crippen molar-refractivity contribution in [1.29, 1.82) is 0 Å². The molecule has 3 rings (SSSR count). The summed E-state index contributed by atoms with van der Waals surface area (Å²) in [6, 6.07) is 11.0. The third-order valence-corrected chi connectivity index (χ3v) is 4.63. The molecule has 0 aromatic heterocycles. The van der Waals surface area contributed by atoms with Gasteiger partial charge in [-0.05, 0) is 39.2 Å². The number of amides is 1. The molecule has 0 radical (unpaired) electrons. The lowest BCUT2D eigenvalue weighted by atomic mass is 9.87. The second-order valence-electron chi connectivity index (χ2n) is 7.46. The first-order chi connectivity index (χ1) is 10.4. The molecule has 0 bridgehead atoms. The van der Waals surface area contributed by atoms with E-state index in [1.54, 1.807) is 0 Å². The zero-order valence-electron chi connectivity index (χ0n) is 13.8. The van der Waals surface area contributed by atoms with Crippen LogP contribution < -0.4 is 5.32 Å². The lowest BCUT2D eigenvalue weighted by molar-refractivity contribution is 0.0181. The molecule has 1 atom stereocenters. The molecule has 1 unspecified atom stereocenters. The van der Waals surface area contributed by atoms with Crippen LogP contribution in [0, 0.1) is 0 Å². The maximum Gasteiger partial charge on any atom is 0.410 e. The highest BCUT2D eigenvalue weighted by atomic mass is 16.6. The van der Waals surface area contributed by atoms with Crippen LogP contribution in [0.2, 0.25) is 0 Å². The average Bonchev–Trinajstić information content (AvgIpc) is 3.28. The van der Waals surface area contributed by atoms with Gasteiger partial charge in [-0.25, -0.2) is 4.79 Å². The largest absolute Gasteiger partial charge is 0.444 e. The standard InChI is InChI=1S/C18H26N2O2/c1-17(2,3)22-16(21)20-12-11-19-15(13-20)18(9-10-18)14-7-5-4-6-8-14/h4-8,15,19H,9-13H2,1-3H3. The summed E-state index contributed by atoms with van der Waals surface area (Å²) in [5.74, 6) is 0. The average molecular weight is 302 g/mol. The summed E-state index contributed by atoms with van der Waals surface area (Å²) in [7, 11) is 0. The Bertz CT molecular complexity index is 532. The van der Waals surface area contributed by atoms with E-state index in [1.807, 2.05) is 25.7 Å². The van der Waals surface area contributed by atoms with Gasteiger partial charge in [-0.1, -0.05) is 30.3 Å². The quantitative estimate of drug-likeness (QED) is 0.913. The molecule has 2 aliphatic rings. The molecule has 1 aromatic rings. The van der Waals surface area contributed by atoms with Gasteiger partial charge in [-0.15, -0.1) is 0 Å². The van der Waals surface area contributed by atoms with Crippen molar-refractivity contribution in [2.24, 2.45) is 0 Å². The number of nitrogens with one attached hydrogen (secondary N) is 1. The summed E-state index contributed by atoms with van der Waals surface area (Å²) in [5, 5.41) is 3.62. The van der Waals surface area contributed by atoms with Crippen molar-refractivity contribution in [3.8, 4) is 0 Å². The van der Waals surface area contributed by atoms with Crippen LogP contribution in [0.15, 0.2) is 30.3 Å². The first-order valence-electron chi connectivity index (χ1n) is 8.18. The summed E-state index contributed by atoms with van der Waals surface area (Å²) in [6.45, 7) is 8.02. The Balaban J connectivity index is 1.70. The highest BCUT2D eigenvalue weighted by Gasteiger charge is 2.52. The van der Waals surface area contributed by atoms with Crippen molar-refractivity contribution in [3.05, 3.63) is 35.9 Å². The maximum atomic E-state index is 12.3. The Hall–Kier alpha value is -1.55. The second kappa shape index (κ2) is 5.58. The number of rotatable bonds is 2. The lowest BCUT2D eigenvalue weighted by Gasteiger charge is -2.39. The second-order valence-corrected chi connectivity index (χ2v) is 7.46. The van der Waals surface area contributed by atoms with E-state index < -0.39 is 5.60 Å². The van der Waals surface area contributed by atoms with Crippen molar-refractivity contribution in [1.82, 2.24) is 10.2 Å². The Morgan fingerprint density at radius 2 is 1.95 bits per heavy atom. The van der Waals surface area contributed by atoms with Gasteiger partial charge in [0.2, 0.25) is 0 Å². The number of carbonyl (C=O) groups is 1. The van der Waals surface area contributed by atoms with Crippen molar-refractivity contribution >= 4 is 6.09 Å². The Labute approximate surface area is 132 Å². The summed E-state index contributed by atoms with van der Waals surface area (Å²) < 4.78 is 5.52. The predicted octanol–water partition coefficient (Wildman–Crippen LogP) is 2.93. The molecule has 22 heavy (non-hydrogen) atoms. The number of piperazine rings is 1. The molecule has 1 N–H and O–H groups in total. The fraction of sp³-hybridized carbons (Fsp3) is 0.611. The fourth-order valence-corrected chi connectivity index (χ4v) is 3.36. The van der Waals surface area contributed by atoms with Gasteiger partial charge in [0, 0.05) is 31.1 Å². The van der Waals surface area contributed by atoms with E-state index in [0.29, 0.717) is 6.04 Å². The minimum Gasteiger partial charge on any atom is -0.444 e. The predicted molar refractivity (Wildman–Crippen MR) is 87.0 cm³/mol. The van der Waals surface area contributed by atoms with E-state index in [1.165, 1.54) is 18.4 Å². The number of carbonyl (C=O) groups excluding carboxylic acids is 1. The van der Waals surface area contributed by atoms with E-state index in [4.69, 9.17) is 4.74 Å². The first-order valence-corrected chi connectivity index (χ1v) is 8.18. The van der Waals surface area contributed by atoms with Crippen LogP contribution in [0.1, 0.15) is 39.2 Å². The zero-order valence-corrected chi connectivity index (χ0v) is 13.8. The summed E-state index contributed by atoms with van der Waals surface area (Å²) >= 11 is 0. The van der Waals surface area contributed by atoms with Gasteiger partial charge in [0.1, 0.15) is 5.60 Å². The van der Waals surface area contributed by atoms with Gasteiger partial charge in [-0.3, -0.25) is 0 Å². The van der Waals surface area contributed by atoms with E-state index in [0.717, 1.165) is 19.6 Å². The zero-order chi connectivity index (χ0) is 15.8. The molecule has 1 aliphatic heterocycles. The summed E-state index contributed by atoms with van der Waals surface area (Å²) in [6.07, 6.45) is 2.19. The molecule has 1 amide bonds. The molecule has 1 saturated heterocycles. The van der Waals surface area contributed by atoms with Gasteiger partial charge in [0.15, 0.2) is 0 Å². The van der Waals surface area contributed by atoms with Crippen LogP contribution in [-0.4, -0.2) is 42.3 Å². The summed E-state index contributed by atoms with van der Waals surface area (Å²) in [4.78, 5) is 14.2. The van der Waals surface area contributed by atoms with E-state index >= 15 is 0 Å². The van der Waals surface area contributed by atoms with E-state index in [-0.39, 0.29) is 11.5 Å². The Morgan fingerprint density at radius 1 is 1.27 bits per heavy atom. The molecule has 0 spiro atoms. The molecular weight excluding hydrogens is 276 g/mol. The van der Waals surface area contributed by atoms with Crippen LogP contribution in [0.4, 0.5) is 4.79 Å². The van der Waals surface area contributed by atoms with Crippen LogP contribution in [0.25, 0.3) is 0 Å². The van der Waals surface area contributed by atoms with E-state index in [9.17, 15) is 4.79 Å². The first kappa shape index (κ1) is 15.3. The van der Waals surface area contributed by atoms with Gasteiger partial charge in [0.25, 0.3) is 0 Å². The number of benzene rings is 1. The molecule has 1 heterocycles. The maximum absolute atomic E-state index is 12.3. The number of hydrogen-bond donors (Lipinski definition) is 1. The van der Waals surface area contributed by atoms with Crippen molar-refractivity contribution < 1.29 is 9.53 Å². The van der Waals surface area contributed by atoms with Crippen LogP contribution in [0.3, 0.4) is 0 Å². The lowest BCUT2D eigenvalue weighted by Crippen LogP contribution is -2.57. The third kappa shape index (κ3) is 3.12. The molecular formula is C18H26N2O2. The third-order valence-electron chi connectivity index (χ3n) is 4.63. The SMILES string of the molecule is CC(C)(C)OC(=O)N1CCNC(C2(c3ccccc3)CC2)C1. The molecule has 2 fully saturated rings. The number of nitrogens with zero attached hydrogens (tertiary/aromatic N) is 1. The van der Waals surface area contributed by atoms with Gasteiger partial charge in [0.05, 0.1) is 0 Å². The van der Waals surface area contributed by atoms with Crippen LogP contribution >= 0.6 is 0 Å². The van der Waals surface area contributed by atoms with Crippen molar-refractivity contribution in [2.45, 2.75) is 50.7 Å². The smallest absolute Gasteiger partial charge is 0.410 e. The van der Waals surface area contributed by atoms with Crippen LogP contribution in [-0.2, 0) is 10.2 Å². The van der Waals surface area contributed by atoms with Gasteiger partial charge < -0.3 is 15.0 Å². The van der Waals surface area contributed by atoms with Crippen molar-refractivity contribution in [2.75, 3.05) is 19.6 Å². The summed E-state index contributed by atoms with van der Waals surface area (Å²) in [5.41, 5.74) is 1.15. The normalized spacial score (nSPS) is 24.0. The molecule has 1 aliphatic carbocycles. The molecule has 1 aromatic carbocycles.